The second-order valence-electron chi connectivity index (χ2n) is 8.88. The predicted octanol–water partition coefficient (Wildman–Crippen LogP) is 4.37. The van der Waals surface area contributed by atoms with Gasteiger partial charge in [0.2, 0.25) is 5.91 Å². The molecule has 1 heterocycles. The molecule has 118 valence electrons. The van der Waals surface area contributed by atoms with Crippen molar-refractivity contribution in [1.29, 1.82) is 0 Å². The van der Waals surface area contributed by atoms with Crippen LogP contribution in [0.5, 0.6) is 0 Å². The molecule has 3 heteroatoms. The summed E-state index contributed by atoms with van der Waals surface area (Å²) in [6.45, 7) is 4.30. The fraction of sp³-hybridized carbons (Fsp3) is 0.944. The maximum atomic E-state index is 12.8. The SMILES string of the molecule is C[C@@H]1CCCN(C(=O)CC23C[C@@H]4C[C@H](CC(Br)(C4)C2)C3)C1. The molecule has 0 aromatic rings. The second kappa shape index (κ2) is 4.97. The third-order valence-electron chi connectivity index (χ3n) is 6.65. The zero-order chi connectivity index (χ0) is 14.7. The Hall–Kier alpha value is -0.0500. The van der Waals surface area contributed by atoms with E-state index in [1.54, 1.807) is 0 Å². The molecule has 4 bridgehead atoms. The van der Waals surface area contributed by atoms with Gasteiger partial charge in [0.05, 0.1) is 0 Å². The number of piperidine rings is 1. The summed E-state index contributed by atoms with van der Waals surface area (Å²) in [7, 11) is 0. The zero-order valence-electron chi connectivity index (χ0n) is 13.2. The minimum atomic E-state index is 0.339. The van der Waals surface area contributed by atoms with Gasteiger partial charge in [0.1, 0.15) is 0 Å². The lowest BCUT2D eigenvalue weighted by atomic mass is 9.48. The first-order valence-corrected chi connectivity index (χ1v) is 9.71. The minimum absolute atomic E-state index is 0.339. The largest absolute Gasteiger partial charge is 0.342 e. The number of hydrogen-bond donors (Lipinski definition) is 0. The summed E-state index contributed by atoms with van der Waals surface area (Å²) in [5.41, 5.74) is 0.339. The van der Waals surface area contributed by atoms with Gasteiger partial charge < -0.3 is 4.90 Å². The van der Waals surface area contributed by atoms with Crippen LogP contribution in [-0.2, 0) is 4.79 Å². The van der Waals surface area contributed by atoms with Gasteiger partial charge in [0.25, 0.3) is 0 Å². The molecule has 0 aromatic heterocycles. The van der Waals surface area contributed by atoms with Crippen LogP contribution in [-0.4, -0.2) is 28.2 Å². The lowest BCUT2D eigenvalue weighted by molar-refractivity contribution is -0.140. The topological polar surface area (TPSA) is 20.3 Å². The Kier molecular flexibility index (Phi) is 3.44. The molecule has 0 unspecified atom stereocenters. The summed E-state index contributed by atoms with van der Waals surface area (Å²) in [6.07, 6.45) is 11.4. The summed E-state index contributed by atoms with van der Waals surface area (Å²) < 4.78 is 0.382. The maximum Gasteiger partial charge on any atom is 0.223 e. The van der Waals surface area contributed by atoms with Crippen molar-refractivity contribution in [3.63, 3.8) is 0 Å². The van der Waals surface area contributed by atoms with Gasteiger partial charge in [-0.3, -0.25) is 4.79 Å². The Morgan fingerprint density at radius 2 is 1.95 bits per heavy atom. The number of carbonyl (C=O) groups is 1. The van der Waals surface area contributed by atoms with E-state index in [9.17, 15) is 4.79 Å². The monoisotopic (exact) mass is 353 g/mol. The number of rotatable bonds is 2. The molecule has 3 atom stereocenters. The van der Waals surface area contributed by atoms with Gasteiger partial charge in [-0.1, -0.05) is 22.9 Å². The molecule has 2 nitrogen and oxygen atoms in total. The zero-order valence-corrected chi connectivity index (χ0v) is 14.8. The molecule has 1 amide bonds. The summed E-state index contributed by atoms with van der Waals surface area (Å²) in [4.78, 5) is 15.0. The van der Waals surface area contributed by atoms with Crippen molar-refractivity contribution in [1.82, 2.24) is 4.90 Å². The molecule has 4 saturated carbocycles. The quantitative estimate of drug-likeness (QED) is 0.675. The van der Waals surface area contributed by atoms with Crippen LogP contribution in [0.2, 0.25) is 0 Å². The van der Waals surface area contributed by atoms with E-state index in [0.29, 0.717) is 21.6 Å². The third kappa shape index (κ3) is 2.68. The molecule has 1 saturated heterocycles. The van der Waals surface area contributed by atoms with Crippen LogP contribution in [0.1, 0.15) is 64.7 Å². The average molecular weight is 354 g/mol. The number of likely N-dealkylation sites (tertiary alicyclic amines) is 1. The molecule has 0 spiro atoms. The van der Waals surface area contributed by atoms with Gasteiger partial charge in [0, 0.05) is 23.8 Å². The van der Waals surface area contributed by atoms with Crippen molar-refractivity contribution >= 4 is 21.8 Å². The van der Waals surface area contributed by atoms with Crippen molar-refractivity contribution in [2.24, 2.45) is 23.2 Å². The number of amides is 1. The Morgan fingerprint density at radius 3 is 2.57 bits per heavy atom. The molecule has 0 N–H and O–H groups in total. The van der Waals surface area contributed by atoms with Gasteiger partial charge in [-0.05, 0) is 74.5 Å². The van der Waals surface area contributed by atoms with Crippen LogP contribution >= 0.6 is 15.9 Å². The number of hydrogen-bond acceptors (Lipinski definition) is 1. The van der Waals surface area contributed by atoms with Crippen molar-refractivity contribution in [2.45, 2.75) is 69.0 Å². The number of nitrogens with zero attached hydrogens (tertiary/aromatic N) is 1. The van der Waals surface area contributed by atoms with Crippen LogP contribution < -0.4 is 0 Å². The van der Waals surface area contributed by atoms with Crippen molar-refractivity contribution in [2.75, 3.05) is 13.1 Å². The fourth-order valence-corrected chi connectivity index (χ4v) is 7.90. The lowest BCUT2D eigenvalue weighted by Crippen LogP contribution is -2.54. The van der Waals surface area contributed by atoms with E-state index < -0.39 is 0 Å². The number of alkyl halides is 1. The summed E-state index contributed by atoms with van der Waals surface area (Å²) in [5, 5.41) is 0. The van der Waals surface area contributed by atoms with Gasteiger partial charge in [-0.2, -0.15) is 0 Å². The summed E-state index contributed by atoms with van der Waals surface area (Å²) >= 11 is 4.06. The average Bonchev–Trinajstić information content (AvgIpc) is 2.34. The van der Waals surface area contributed by atoms with Crippen LogP contribution in [0.15, 0.2) is 0 Å². The lowest BCUT2D eigenvalue weighted by Gasteiger charge is -2.60. The van der Waals surface area contributed by atoms with E-state index in [-0.39, 0.29) is 0 Å². The highest BCUT2D eigenvalue weighted by molar-refractivity contribution is 9.10. The Balaban J connectivity index is 1.47. The van der Waals surface area contributed by atoms with E-state index in [4.69, 9.17) is 0 Å². The van der Waals surface area contributed by atoms with Crippen LogP contribution in [0.4, 0.5) is 0 Å². The minimum Gasteiger partial charge on any atom is -0.342 e. The molecule has 4 aliphatic carbocycles. The van der Waals surface area contributed by atoms with Gasteiger partial charge in [-0.25, -0.2) is 0 Å². The summed E-state index contributed by atoms with van der Waals surface area (Å²) in [6, 6.07) is 0. The number of halogens is 1. The van der Waals surface area contributed by atoms with E-state index >= 15 is 0 Å². The highest BCUT2D eigenvalue weighted by Gasteiger charge is 2.57. The molecular weight excluding hydrogens is 326 g/mol. The third-order valence-corrected chi connectivity index (χ3v) is 7.57. The van der Waals surface area contributed by atoms with Gasteiger partial charge >= 0.3 is 0 Å². The molecular formula is C18H28BrNO. The molecule has 1 aliphatic heterocycles. The molecule has 0 aromatic carbocycles. The Labute approximate surface area is 137 Å². The predicted molar refractivity (Wildman–Crippen MR) is 88.4 cm³/mol. The molecule has 0 radical (unpaired) electrons. The van der Waals surface area contributed by atoms with Crippen molar-refractivity contribution < 1.29 is 4.79 Å². The van der Waals surface area contributed by atoms with E-state index in [1.165, 1.54) is 51.4 Å². The highest BCUT2D eigenvalue weighted by atomic mass is 79.9. The molecule has 5 aliphatic rings. The van der Waals surface area contributed by atoms with Crippen LogP contribution in [0.25, 0.3) is 0 Å². The van der Waals surface area contributed by atoms with Crippen molar-refractivity contribution in [3.05, 3.63) is 0 Å². The van der Waals surface area contributed by atoms with Crippen LogP contribution in [0.3, 0.4) is 0 Å². The normalized spacial score (nSPS) is 48.7. The first-order chi connectivity index (χ1) is 9.95. The first kappa shape index (κ1) is 14.5. The molecule has 21 heavy (non-hydrogen) atoms. The first-order valence-electron chi connectivity index (χ1n) is 8.92. The molecule has 5 fully saturated rings. The van der Waals surface area contributed by atoms with E-state index in [1.807, 2.05) is 0 Å². The standard InChI is InChI=1S/C18H28BrNO/c1-13-3-2-4-20(11-13)16(21)10-17-6-14-5-15(7-17)9-18(19,8-14)12-17/h13-15H,2-12H2,1H3/t13-,14+,15+,17?,18?/m1/s1. The van der Waals surface area contributed by atoms with E-state index in [2.05, 4.69) is 27.8 Å². The fourth-order valence-electron chi connectivity index (χ4n) is 6.39. The van der Waals surface area contributed by atoms with Gasteiger partial charge in [0.15, 0.2) is 0 Å². The van der Waals surface area contributed by atoms with Crippen LogP contribution in [0, 0.1) is 23.2 Å². The number of carbonyl (C=O) groups excluding carboxylic acids is 1. The Morgan fingerprint density at radius 1 is 1.24 bits per heavy atom. The van der Waals surface area contributed by atoms with Crippen molar-refractivity contribution in [3.8, 4) is 0 Å². The van der Waals surface area contributed by atoms with E-state index in [0.717, 1.165) is 31.3 Å². The van der Waals surface area contributed by atoms with Gasteiger partial charge in [-0.15, -0.1) is 0 Å². The maximum absolute atomic E-state index is 12.8. The molecule has 5 rings (SSSR count). The summed E-state index contributed by atoms with van der Waals surface area (Å²) in [5.74, 6) is 2.93. The Bertz CT molecular complexity index is 434. The highest BCUT2D eigenvalue weighted by Crippen LogP contribution is 2.65. The smallest absolute Gasteiger partial charge is 0.223 e. The second-order valence-corrected chi connectivity index (χ2v) is 10.6.